The van der Waals surface area contributed by atoms with Gasteiger partial charge in [0.25, 0.3) is 5.89 Å². The smallest absolute Gasteiger partial charge is 0.276 e. The minimum absolute atomic E-state index is 0. The minimum Gasteiger partial charge on any atom is -0.370 e. The number of unbranched alkanes of at least 4 members (excludes halogenated alkanes) is 5. The van der Waals surface area contributed by atoms with Gasteiger partial charge in [0.15, 0.2) is 11.8 Å². The van der Waals surface area contributed by atoms with Gasteiger partial charge < -0.3 is 15.6 Å². The number of pyridine rings is 1. The summed E-state index contributed by atoms with van der Waals surface area (Å²) in [6.07, 6.45) is 9.82. The van der Waals surface area contributed by atoms with Crippen LogP contribution in [0, 0.1) is 0 Å². The molecule has 2 aromatic rings. The van der Waals surface area contributed by atoms with Crippen molar-refractivity contribution in [2.45, 2.75) is 51.9 Å². The molecule has 144 valence electrons. The standard InChI is InChI=1S/C18H28N6O.HI/c1-2-3-4-5-6-8-13-21-18(19)22-14-11-16-23-17(25-24-16)15-10-7-9-12-20-15;/h7,9-10,12H,2-6,8,11,13-14H2,1H3,(H3,19,21,22);1H. The molecule has 2 aromatic heterocycles. The number of nitrogens with one attached hydrogen (secondary N) is 1. The van der Waals surface area contributed by atoms with Gasteiger partial charge in [-0.05, 0) is 18.6 Å². The summed E-state index contributed by atoms with van der Waals surface area (Å²) >= 11 is 0. The number of rotatable bonds is 11. The number of aromatic nitrogens is 3. The Labute approximate surface area is 172 Å². The monoisotopic (exact) mass is 472 g/mol. The molecule has 2 heterocycles. The molecule has 0 unspecified atom stereocenters. The van der Waals surface area contributed by atoms with Crippen molar-refractivity contribution in [3.63, 3.8) is 0 Å². The number of halogens is 1. The Morgan fingerprint density at radius 1 is 1.19 bits per heavy atom. The predicted molar refractivity (Wildman–Crippen MR) is 115 cm³/mol. The largest absolute Gasteiger partial charge is 0.370 e. The Kier molecular flexibility index (Phi) is 11.6. The number of aliphatic imine (C=N–C) groups is 1. The highest BCUT2D eigenvalue weighted by atomic mass is 127. The summed E-state index contributed by atoms with van der Waals surface area (Å²) in [7, 11) is 0. The zero-order valence-electron chi connectivity index (χ0n) is 15.4. The second-order valence-electron chi connectivity index (χ2n) is 5.94. The molecule has 0 bridgehead atoms. The summed E-state index contributed by atoms with van der Waals surface area (Å²) in [4.78, 5) is 12.8. The van der Waals surface area contributed by atoms with Gasteiger partial charge in [-0.3, -0.25) is 9.98 Å². The van der Waals surface area contributed by atoms with Crippen LogP contribution in [-0.4, -0.2) is 34.2 Å². The Hall–Kier alpha value is -1.71. The van der Waals surface area contributed by atoms with E-state index in [-0.39, 0.29) is 24.0 Å². The van der Waals surface area contributed by atoms with Gasteiger partial charge in [-0.1, -0.05) is 50.3 Å². The zero-order valence-corrected chi connectivity index (χ0v) is 17.7. The van der Waals surface area contributed by atoms with Crippen LogP contribution < -0.4 is 11.1 Å². The van der Waals surface area contributed by atoms with Crippen LogP contribution in [0.3, 0.4) is 0 Å². The van der Waals surface area contributed by atoms with Crippen molar-refractivity contribution in [3.05, 3.63) is 30.2 Å². The number of hydrogen-bond donors (Lipinski definition) is 2. The molecule has 0 fully saturated rings. The van der Waals surface area contributed by atoms with E-state index in [1.54, 1.807) is 6.20 Å². The van der Waals surface area contributed by atoms with Crippen LogP contribution in [0.1, 0.15) is 51.3 Å². The molecule has 0 atom stereocenters. The van der Waals surface area contributed by atoms with Gasteiger partial charge in [0.1, 0.15) is 5.69 Å². The first kappa shape index (κ1) is 22.3. The lowest BCUT2D eigenvalue weighted by Crippen LogP contribution is -2.33. The van der Waals surface area contributed by atoms with Crippen molar-refractivity contribution in [2.75, 3.05) is 13.1 Å². The van der Waals surface area contributed by atoms with Crippen LogP contribution in [0.25, 0.3) is 11.6 Å². The van der Waals surface area contributed by atoms with Crippen molar-refractivity contribution in [1.29, 1.82) is 0 Å². The third kappa shape index (κ3) is 8.59. The molecular weight excluding hydrogens is 443 g/mol. The van der Waals surface area contributed by atoms with Crippen LogP contribution in [-0.2, 0) is 6.42 Å². The Morgan fingerprint density at radius 3 is 2.77 bits per heavy atom. The van der Waals surface area contributed by atoms with Gasteiger partial charge in [0, 0.05) is 25.7 Å². The summed E-state index contributed by atoms with van der Waals surface area (Å²) in [5.74, 6) is 1.53. The van der Waals surface area contributed by atoms with Crippen LogP contribution in [0.4, 0.5) is 0 Å². The van der Waals surface area contributed by atoms with Gasteiger partial charge in [-0.25, -0.2) is 0 Å². The van der Waals surface area contributed by atoms with E-state index < -0.39 is 0 Å². The molecule has 0 radical (unpaired) electrons. The molecule has 0 amide bonds. The second kappa shape index (κ2) is 13.5. The fourth-order valence-electron chi connectivity index (χ4n) is 2.40. The molecule has 3 N–H and O–H groups in total. The Morgan fingerprint density at radius 2 is 2.00 bits per heavy atom. The molecule has 0 saturated carbocycles. The highest BCUT2D eigenvalue weighted by molar-refractivity contribution is 14.0. The van der Waals surface area contributed by atoms with E-state index in [0.29, 0.717) is 36.3 Å². The molecule has 0 spiro atoms. The maximum absolute atomic E-state index is 5.86. The van der Waals surface area contributed by atoms with Crippen LogP contribution >= 0.6 is 24.0 Å². The van der Waals surface area contributed by atoms with E-state index in [1.807, 2.05) is 18.2 Å². The summed E-state index contributed by atoms with van der Waals surface area (Å²) in [5.41, 5.74) is 6.54. The van der Waals surface area contributed by atoms with Crippen LogP contribution in [0.15, 0.2) is 33.9 Å². The number of nitrogens with two attached hydrogens (primary N) is 1. The third-order valence-electron chi connectivity index (χ3n) is 3.80. The van der Waals surface area contributed by atoms with Crippen molar-refractivity contribution in [3.8, 4) is 11.6 Å². The fraction of sp³-hybridized carbons (Fsp3) is 0.556. The molecule has 0 aliphatic carbocycles. The lowest BCUT2D eigenvalue weighted by Gasteiger charge is -2.03. The van der Waals surface area contributed by atoms with Gasteiger partial charge in [-0.2, -0.15) is 4.98 Å². The second-order valence-corrected chi connectivity index (χ2v) is 5.94. The van der Waals surface area contributed by atoms with Gasteiger partial charge in [0.2, 0.25) is 0 Å². The molecule has 26 heavy (non-hydrogen) atoms. The van der Waals surface area contributed by atoms with Crippen molar-refractivity contribution in [2.24, 2.45) is 10.7 Å². The average molecular weight is 472 g/mol. The van der Waals surface area contributed by atoms with E-state index in [2.05, 4.69) is 32.4 Å². The lowest BCUT2D eigenvalue weighted by molar-refractivity contribution is 0.421. The molecule has 8 heteroatoms. The van der Waals surface area contributed by atoms with E-state index in [0.717, 1.165) is 13.0 Å². The first-order valence-corrected chi connectivity index (χ1v) is 9.07. The highest BCUT2D eigenvalue weighted by Crippen LogP contribution is 2.13. The van der Waals surface area contributed by atoms with Crippen molar-refractivity contribution >= 4 is 29.9 Å². The topological polar surface area (TPSA) is 102 Å². The SMILES string of the molecule is CCCCCCCCN=C(N)NCCc1noc(-c2ccccn2)n1.I. The van der Waals surface area contributed by atoms with Crippen LogP contribution in [0.5, 0.6) is 0 Å². The normalized spacial score (nSPS) is 11.2. The molecule has 0 aliphatic rings. The van der Waals surface area contributed by atoms with Gasteiger partial charge in [0.05, 0.1) is 0 Å². The van der Waals surface area contributed by atoms with Crippen LogP contribution in [0.2, 0.25) is 0 Å². The molecule has 7 nitrogen and oxygen atoms in total. The summed E-state index contributed by atoms with van der Waals surface area (Å²) in [6, 6.07) is 5.56. The van der Waals surface area contributed by atoms with E-state index in [1.165, 1.54) is 32.1 Å². The van der Waals surface area contributed by atoms with Crippen molar-refractivity contribution < 1.29 is 4.52 Å². The Balaban J connectivity index is 0.00000338. The van der Waals surface area contributed by atoms with Gasteiger partial charge in [-0.15, -0.1) is 24.0 Å². The zero-order chi connectivity index (χ0) is 17.7. The predicted octanol–water partition coefficient (Wildman–Crippen LogP) is 3.56. The molecular formula is C18H29IN6O. The molecule has 0 aliphatic heterocycles. The van der Waals surface area contributed by atoms with E-state index >= 15 is 0 Å². The quantitative estimate of drug-likeness (QED) is 0.225. The summed E-state index contributed by atoms with van der Waals surface area (Å²) in [6.45, 7) is 3.62. The highest BCUT2D eigenvalue weighted by Gasteiger charge is 2.09. The lowest BCUT2D eigenvalue weighted by atomic mass is 10.1. The number of nitrogens with zero attached hydrogens (tertiary/aromatic N) is 4. The maximum Gasteiger partial charge on any atom is 0.276 e. The molecule has 2 rings (SSSR count). The summed E-state index contributed by atoms with van der Waals surface area (Å²) in [5, 5.41) is 7.04. The van der Waals surface area contributed by atoms with Gasteiger partial charge >= 0.3 is 0 Å². The third-order valence-corrected chi connectivity index (χ3v) is 3.80. The summed E-state index contributed by atoms with van der Waals surface area (Å²) < 4.78 is 5.22. The Bertz CT molecular complexity index is 632. The number of guanidine groups is 1. The first-order chi connectivity index (χ1) is 12.3. The first-order valence-electron chi connectivity index (χ1n) is 9.07. The molecule has 0 aromatic carbocycles. The van der Waals surface area contributed by atoms with E-state index in [9.17, 15) is 0 Å². The maximum atomic E-state index is 5.86. The fourth-order valence-corrected chi connectivity index (χ4v) is 2.40. The van der Waals surface area contributed by atoms with E-state index in [4.69, 9.17) is 10.3 Å². The number of hydrogen-bond acceptors (Lipinski definition) is 5. The average Bonchev–Trinajstić information content (AvgIpc) is 3.11. The molecule has 0 saturated heterocycles. The van der Waals surface area contributed by atoms with Crippen molar-refractivity contribution in [1.82, 2.24) is 20.4 Å². The minimum atomic E-state index is 0.